The van der Waals surface area contributed by atoms with Crippen molar-refractivity contribution in [3.05, 3.63) is 42.5 Å². The number of hydrogen-bond donors (Lipinski definition) is 1. The van der Waals surface area contributed by atoms with Crippen LogP contribution >= 0.6 is 0 Å². The molecule has 0 heterocycles. The van der Waals surface area contributed by atoms with Crippen molar-refractivity contribution in [2.45, 2.75) is 31.9 Å². The van der Waals surface area contributed by atoms with Crippen LogP contribution in [0, 0.1) is 6.92 Å². The Morgan fingerprint density at radius 3 is 2.17 bits per heavy atom. The predicted molar refractivity (Wildman–Crippen MR) is 89.4 cm³/mol. The number of esters is 1. The molecule has 1 unspecified atom stereocenters. The number of quaternary nitrogens is 1. The minimum atomic E-state index is -4.02. The highest BCUT2D eigenvalue weighted by atomic mass is 32.2. The standard InChI is InChI=1S/C9H18NO2.C7H8O3S/c1-6-9(11)12-8(3)10(4,5)7-2;1-6-2-4-7(5-3-6)11(8,9)10/h6,8H,1,7H2,2-5H3;2-5H,1H3,(H,8,9,10)/q+1;. The smallest absolute Gasteiger partial charge is 0.334 e. The second-order valence-corrected chi connectivity index (χ2v) is 7.04. The largest absolute Gasteiger partial charge is 0.410 e. The van der Waals surface area contributed by atoms with E-state index in [1.807, 2.05) is 27.9 Å². The topological polar surface area (TPSA) is 80.7 Å². The Labute approximate surface area is 138 Å². The van der Waals surface area contributed by atoms with Gasteiger partial charge in [0.2, 0.25) is 6.23 Å². The number of rotatable bonds is 5. The molecule has 23 heavy (non-hydrogen) atoms. The maximum Gasteiger partial charge on any atom is 0.334 e. The zero-order valence-electron chi connectivity index (χ0n) is 14.3. The summed E-state index contributed by atoms with van der Waals surface area (Å²) in [4.78, 5) is 10.8. The van der Waals surface area contributed by atoms with E-state index >= 15 is 0 Å². The number of ether oxygens (including phenoxy) is 1. The van der Waals surface area contributed by atoms with Gasteiger partial charge >= 0.3 is 5.97 Å². The van der Waals surface area contributed by atoms with Crippen molar-refractivity contribution in [1.82, 2.24) is 0 Å². The van der Waals surface area contributed by atoms with Gasteiger partial charge in [-0.2, -0.15) is 8.42 Å². The van der Waals surface area contributed by atoms with Gasteiger partial charge < -0.3 is 4.74 Å². The molecule has 1 N–H and O–H groups in total. The van der Waals surface area contributed by atoms with Crippen molar-refractivity contribution in [3.8, 4) is 0 Å². The van der Waals surface area contributed by atoms with Gasteiger partial charge in [0.15, 0.2) is 0 Å². The molecule has 0 saturated carbocycles. The molecule has 0 radical (unpaired) electrons. The Morgan fingerprint density at radius 2 is 1.83 bits per heavy atom. The number of nitrogens with zero attached hydrogens (tertiary/aromatic N) is 1. The molecule has 1 aromatic rings. The van der Waals surface area contributed by atoms with E-state index in [1.165, 1.54) is 18.2 Å². The third-order valence-corrected chi connectivity index (χ3v) is 4.44. The molecule has 0 fully saturated rings. The minimum absolute atomic E-state index is 0.0666. The van der Waals surface area contributed by atoms with Crippen LogP contribution in [0.4, 0.5) is 0 Å². The van der Waals surface area contributed by atoms with Crippen molar-refractivity contribution in [2.24, 2.45) is 0 Å². The lowest BCUT2D eigenvalue weighted by Gasteiger charge is -2.33. The summed E-state index contributed by atoms with van der Waals surface area (Å²) in [6, 6.07) is 5.99. The van der Waals surface area contributed by atoms with E-state index < -0.39 is 10.1 Å². The summed E-state index contributed by atoms with van der Waals surface area (Å²) in [6.07, 6.45) is 1.06. The summed E-state index contributed by atoms with van der Waals surface area (Å²) >= 11 is 0. The first-order chi connectivity index (χ1) is 10.4. The molecule has 6 nitrogen and oxygen atoms in total. The van der Waals surface area contributed by atoms with Crippen LogP contribution in [0.5, 0.6) is 0 Å². The minimum Gasteiger partial charge on any atom is -0.410 e. The first-order valence-corrected chi connectivity index (χ1v) is 8.58. The highest BCUT2D eigenvalue weighted by Gasteiger charge is 2.24. The number of aryl methyl sites for hydroxylation is 1. The summed E-state index contributed by atoms with van der Waals surface area (Å²) in [5, 5.41) is 0. The molecule has 1 atom stereocenters. The first-order valence-electron chi connectivity index (χ1n) is 7.14. The molecule has 0 aliphatic carbocycles. The molecule has 0 amide bonds. The van der Waals surface area contributed by atoms with Crippen molar-refractivity contribution in [1.29, 1.82) is 0 Å². The summed E-state index contributed by atoms with van der Waals surface area (Å²) in [7, 11) is 0.0102. The third kappa shape index (κ3) is 7.92. The van der Waals surface area contributed by atoms with Crippen LogP contribution in [-0.4, -0.2) is 50.3 Å². The molecule has 0 spiro atoms. The summed E-state index contributed by atoms with van der Waals surface area (Å²) in [5.74, 6) is -0.359. The van der Waals surface area contributed by atoms with Crippen LogP contribution in [0.25, 0.3) is 0 Å². The lowest BCUT2D eigenvalue weighted by Crippen LogP contribution is -2.49. The Morgan fingerprint density at radius 1 is 1.35 bits per heavy atom. The van der Waals surface area contributed by atoms with Crippen molar-refractivity contribution >= 4 is 16.1 Å². The summed E-state index contributed by atoms with van der Waals surface area (Å²) < 4.78 is 35.3. The molecular formula is C16H26NO5S+. The average Bonchev–Trinajstić information content (AvgIpc) is 2.47. The van der Waals surface area contributed by atoms with Crippen molar-refractivity contribution in [3.63, 3.8) is 0 Å². The molecule has 0 aliphatic heterocycles. The van der Waals surface area contributed by atoms with E-state index in [-0.39, 0.29) is 17.1 Å². The fourth-order valence-corrected chi connectivity index (χ4v) is 1.81. The van der Waals surface area contributed by atoms with Gasteiger partial charge in [-0.25, -0.2) is 4.79 Å². The molecule has 1 aromatic carbocycles. The van der Waals surface area contributed by atoms with Crippen LogP contribution in [-0.2, 0) is 19.6 Å². The molecule has 0 saturated heterocycles. The molecule has 130 valence electrons. The van der Waals surface area contributed by atoms with Crippen molar-refractivity contribution in [2.75, 3.05) is 20.6 Å². The SMILES string of the molecule is C=CC(=O)OC(C)[N+](C)(C)CC.Cc1ccc(S(=O)(=O)O)cc1. The number of carbonyl (C=O) groups is 1. The summed E-state index contributed by atoms with van der Waals surface area (Å²) in [5.41, 5.74) is 0.956. The lowest BCUT2D eigenvalue weighted by molar-refractivity contribution is -0.931. The Kier molecular flexibility index (Phi) is 8.16. The van der Waals surface area contributed by atoms with E-state index in [4.69, 9.17) is 9.29 Å². The highest BCUT2D eigenvalue weighted by molar-refractivity contribution is 7.85. The van der Waals surface area contributed by atoms with Gasteiger partial charge in [0.1, 0.15) is 0 Å². The second-order valence-electron chi connectivity index (χ2n) is 5.62. The normalized spacial score (nSPS) is 12.6. The molecule has 0 aromatic heterocycles. The fraction of sp³-hybridized carbons (Fsp3) is 0.438. The van der Waals surface area contributed by atoms with Gasteiger partial charge in [-0.3, -0.25) is 9.04 Å². The van der Waals surface area contributed by atoms with E-state index in [9.17, 15) is 13.2 Å². The van der Waals surface area contributed by atoms with E-state index in [0.29, 0.717) is 4.48 Å². The molecule has 1 rings (SSSR count). The zero-order chi connectivity index (χ0) is 18.3. The van der Waals surface area contributed by atoms with E-state index in [0.717, 1.165) is 12.1 Å². The zero-order valence-corrected chi connectivity index (χ0v) is 15.1. The van der Waals surface area contributed by atoms with Gasteiger partial charge in [-0.05, 0) is 26.0 Å². The molecule has 7 heteroatoms. The summed E-state index contributed by atoms with van der Waals surface area (Å²) in [6.45, 7) is 10.0. The molecular weight excluding hydrogens is 318 g/mol. The number of carbonyl (C=O) groups excluding carboxylic acids is 1. The average molecular weight is 344 g/mol. The van der Waals surface area contributed by atoms with E-state index in [1.54, 1.807) is 12.1 Å². The van der Waals surface area contributed by atoms with Crippen molar-refractivity contribution < 1.29 is 27.0 Å². The monoisotopic (exact) mass is 344 g/mol. The molecule has 0 bridgehead atoms. The maximum atomic E-state index is 10.8. The number of benzene rings is 1. The quantitative estimate of drug-likeness (QED) is 0.292. The fourth-order valence-electron chi connectivity index (χ4n) is 1.33. The predicted octanol–water partition coefficient (Wildman–Crippen LogP) is 2.40. The van der Waals surface area contributed by atoms with E-state index in [2.05, 4.69) is 13.5 Å². The third-order valence-electron chi connectivity index (χ3n) is 3.57. The van der Waals surface area contributed by atoms with Gasteiger partial charge in [0.05, 0.1) is 25.5 Å². The van der Waals surface area contributed by atoms with Crippen LogP contribution in [0.2, 0.25) is 0 Å². The van der Waals surface area contributed by atoms with Gasteiger partial charge in [0, 0.05) is 13.0 Å². The van der Waals surface area contributed by atoms with Gasteiger partial charge in [-0.15, -0.1) is 0 Å². The van der Waals surface area contributed by atoms with Crippen LogP contribution < -0.4 is 0 Å². The Bertz CT molecular complexity index is 620. The first kappa shape index (κ1) is 21.3. The lowest BCUT2D eigenvalue weighted by atomic mass is 10.2. The van der Waals surface area contributed by atoms with Crippen LogP contribution in [0.15, 0.2) is 41.8 Å². The highest BCUT2D eigenvalue weighted by Crippen LogP contribution is 2.08. The maximum absolute atomic E-state index is 10.8. The van der Waals surface area contributed by atoms with Crippen LogP contribution in [0.1, 0.15) is 19.4 Å². The number of hydrogen-bond acceptors (Lipinski definition) is 4. The second kappa shape index (κ2) is 8.81. The van der Waals surface area contributed by atoms with Gasteiger partial charge in [0.25, 0.3) is 10.1 Å². The van der Waals surface area contributed by atoms with Gasteiger partial charge in [-0.1, -0.05) is 24.3 Å². The Hall–Kier alpha value is -1.70. The molecule has 0 aliphatic rings. The van der Waals surface area contributed by atoms with Crippen LogP contribution in [0.3, 0.4) is 0 Å². The Balaban J connectivity index is 0.000000422.